The Labute approximate surface area is 93.3 Å². The molecule has 2 nitrogen and oxygen atoms in total. The lowest BCUT2D eigenvalue weighted by Crippen LogP contribution is -2.08. The molecule has 0 unspecified atom stereocenters. The van der Waals surface area contributed by atoms with Crippen molar-refractivity contribution in [2.24, 2.45) is 0 Å². The molecule has 2 aromatic rings. The van der Waals surface area contributed by atoms with Crippen LogP contribution in [-0.4, -0.2) is 4.57 Å². The fourth-order valence-electron chi connectivity index (χ4n) is 1.29. The van der Waals surface area contributed by atoms with Crippen LogP contribution < -0.4 is 4.87 Å². The number of rotatable bonds is 1. The molecule has 0 aliphatic heterocycles. The predicted octanol–water partition coefficient (Wildman–Crippen LogP) is 2.76. The number of aromatic nitrogens is 1. The second-order valence-electron chi connectivity index (χ2n) is 2.89. The van der Waals surface area contributed by atoms with E-state index in [0.29, 0.717) is 0 Å². The van der Waals surface area contributed by atoms with Crippen molar-refractivity contribution in [3.05, 3.63) is 33.4 Å². The number of benzene rings is 1. The number of hydrogen-bond acceptors (Lipinski definition) is 2. The van der Waals surface area contributed by atoms with Crippen LogP contribution in [0.4, 0.5) is 0 Å². The van der Waals surface area contributed by atoms with Gasteiger partial charge < -0.3 is 0 Å². The topological polar surface area (TPSA) is 22.0 Å². The summed E-state index contributed by atoms with van der Waals surface area (Å²) in [6, 6.07) is 6.11. The van der Waals surface area contributed by atoms with Crippen LogP contribution in [0.3, 0.4) is 0 Å². The summed E-state index contributed by atoms with van der Waals surface area (Å²) in [5, 5.41) is 0. The Bertz CT molecular complexity index is 500. The predicted molar refractivity (Wildman–Crippen MR) is 64.8 cm³/mol. The summed E-state index contributed by atoms with van der Waals surface area (Å²) in [7, 11) is 0. The molecule has 1 aromatic carbocycles. The molecule has 1 aromatic heterocycles. The molecule has 0 saturated heterocycles. The van der Waals surface area contributed by atoms with Crippen LogP contribution >= 0.6 is 33.9 Å². The highest BCUT2D eigenvalue weighted by Gasteiger charge is 2.05. The SMILES string of the molecule is Cc1ccc2sc(=O)n(CI)c2c1. The molecule has 0 fully saturated rings. The minimum Gasteiger partial charge on any atom is -0.289 e. The first kappa shape index (κ1) is 9.21. The van der Waals surface area contributed by atoms with Crippen molar-refractivity contribution in [2.75, 3.05) is 0 Å². The van der Waals surface area contributed by atoms with Crippen molar-refractivity contribution in [3.8, 4) is 0 Å². The van der Waals surface area contributed by atoms with Gasteiger partial charge in [0.2, 0.25) is 0 Å². The first-order valence-corrected chi connectivity index (χ1v) is 6.22. The van der Waals surface area contributed by atoms with Gasteiger partial charge in [-0.1, -0.05) is 40.0 Å². The van der Waals surface area contributed by atoms with E-state index in [1.165, 1.54) is 16.9 Å². The molecule has 68 valence electrons. The molecule has 0 spiro atoms. The summed E-state index contributed by atoms with van der Waals surface area (Å²) in [4.78, 5) is 11.6. The summed E-state index contributed by atoms with van der Waals surface area (Å²) < 4.78 is 3.60. The molecular formula is C9H8INOS. The average molecular weight is 305 g/mol. The van der Waals surface area contributed by atoms with Crippen molar-refractivity contribution >= 4 is 44.1 Å². The lowest BCUT2D eigenvalue weighted by molar-refractivity contribution is 0.938. The summed E-state index contributed by atoms with van der Waals surface area (Å²) in [5.41, 5.74) is 2.26. The van der Waals surface area contributed by atoms with Crippen molar-refractivity contribution in [2.45, 2.75) is 11.5 Å². The molecule has 2 rings (SSSR count). The Kier molecular flexibility index (Phi) is 2.42. The molecular weight excluding hydrogens is 297 g/mol. The lowest BCUT2D eigenvalue weighted by atomic mass is 10.2. The highest BCUT2D eigenvalue weighted by atomic mass is 127. The maximum Gasteiger partial charge on any atom is 0.308 e. The van der Waals surface area contributed by atoms with Gasteiger partial charge in [0.05, 0.1) is 14.8 Å². The zero-order valence-corrected chi connectivity index (χ0v) is 10.1. The Hall–Kier alpha value is -0.360. The van der Waals surface area contributed by atoms with E-state index in [0.717, 1.165) is 14.8 Å². The van der Waals surface area contributed by atoms with E-state index in [4.69, 9.17) is 0 Å². The number of halogens is 1. The molecule has 4 heteroatoms. The van der Waals surface area contributed by atoms with E-state index in [-0.39, 0.29) is 4.87 Å². The minimum atomic E-state index is 0.134. The van der Waals surface area contributed by atoms with Crippen LogP contribution in [0, 0.1) is 6.92 Å². The Morgan fingerprint density at radius 2 is 2.31 bits per heavy atom. The quantitative estimate of drug-likeness (QED) is 0.586. The Morgan fingerprint density at radius 1 is 1.54 bits per heavy atom. The Balaban J connectivity index is 2.89. The molecule has 0 saturated carbocycles. The summed E-state index contributed by atoms with van der Waals surface area (Å²) in [6.45, 7) is 2.04. The van der Waals surface area contributed by atoms with E-state index in [2.05, 4.69) is 28.7 Å². The fraction of sp³-hybridized carbons (Fsp3) is 0.222. The summed E-state index contributed by atoms with van der Waals surface area (Å²) in [5.74, 6) is 0. The van der Waals surface area contributed by atoms with E-state index < -0.39 is 0 Å². The van der Waals surface area contributed by atoms with Crippen molar-refractivity contribution in [1.29, 1.82) is 0 Å². The van der Waals surface area contributed by atoms with Crippen molar-refractivity contribution in [3.63, 3.8) is 0 Å². The summed E-state index contributed by atoms with van der Waals surface area (Å²) in [6.07, 6.45) is 0. The van der Waals surface area contributed by atoms with Crippen LogP contribution in [-0.2, 0) is 4.55 Å². The Morgan fingerprint density at radius 3 is 3.00 bits per heavy atom. The van der Waals surface area contributed by atoms with Crippen LogP contribution in [0.15, 0.2) is 23.0 Å². The van der Waals surface area contributed by atoms with Crippen molar-refractivity contribution < 1.29 is 0 Å². The van der Waals surface area contributed by atoms with Gasteiger partial charge in [-0.15, -0.1) is 0 Å². The number of thiazole rings is 1. The monoisotopic (exact) mass is 305 g/mol. The third kappa shape index (κ3) is 1.52. The van der Waals surface area contributed by atoms with E-state index >= 15 is 0 Å². The average Bonchev–Trinajstić information content (AvgIpc) is 2.40. The normalized spacial score (nSPS) is 10.9. The third-order valence-corrected chi connectivity index (χ3v) is 3.58. The van der Waals surface area contributed by atoms with Gasteiger partial charge in [0.25, 0.3) is 0 Å². The zero-order valence-electron chi connectivity index (χ0n) is 7.08. The van der Waals surface area contributed by atoms with Crippen molar-refractivity contribution in [1.82, 2.24) is 4.57 Å². The van der Waals surface area contributed by atoms with Gasteiger partial charge >= 0.3 is 4.87 Å². The first-order chi connectivity index (χ1) is 6.22. The molecule has 1 heterocycles. The largest absolute Gasteiger partial charge is 0.308 e. The molecule has 0 atom stereocenters. The first-order valence-electron chi connectivity index (χ1n) is 3.88. The standard InChI is InChI=1S/C9H8INOS/c1-6-2-3-8-7(4-6)11(5-10)9(12)13-8/h2-4H,5H2,1H3. The maximum atomic E-state index is 11.5. The van der Waals surface area contributed by atoms with Gasteiger partial charge in [-0.05, 0) is 24.6 Å². The van der Waals surface area contributed by atoms with Gasteiger partial charge in [0, 0.05) is 0 Å². The van der Waals surface area contributed by atoms with E-state index in [1.807, 2.05) is 19.1 Å². The van der Waals surface area contributed by atoms with Gasteiger partial charge in [-0.3, -0.25) is 9.36 Å². The molecule has 0 aliphatic rings. The minimum absolute atomic E-state index is 0.134. The van der Waals surface area contributed by atoms with Gasteiger partial charge in [-0.25, -0.2) is 0 Å². The molecule has 0 bridgehead atoms. The second-order valence-corrected chi connectivity index (χ2v) is 4.56. The lowest BCUT2D eigenvalue weighted by Gasteiger charge is -1.97. The number of aryl methyl sites for hydroxylation is 1. The van der Waals surface area contributed by atoms with Crippen LogP contribution in [0.2, 0.25) is 0 Å². The number of fused-ring (bicyclic) bond motifs is 1. The highest BCUT2D eigenvalue weighted by Crippen LogP contribution is 2.19. The van der Waals surface area contributed by atoms with Crippen LogP contribution in [0.25, 0.3) is 10.2 Å². The smallest absolute Gasteiger partial charge is 0.289 e. The zero-order chi connectivity index (χ0) is 9.42. The number of alkyl halides is 1. The number of nitrogens with zero attached hydrogens (tertiary/aromatic N) is 1. The van der Waals surface area contributed by atoms with Gasteiger partial charge in [-0.2, -0.15) is 0 Å². The molecule has 0 amide bonds. The molecule has 0 radical (unpaired) electrons. The third-order valence-electron chi connectivity index (χ3n) is 1.94. The van der Waals surface area contributed by atoms with Crippen LogP contribution in [0.5, 0.6) is 0 Å². The van der Waals surface area contributed by atoms with E-state index in [9.17, 15) is 4.79 Å². The summed E-state index contributed by atoms with van der Waals surface area (Å²) >= 11 is 3.52. The molecule has 0 aliphatic carbocycles. The molecule has 13 heavy (non-hydrogen) atoms. The van der Waals surface area contributed by atoms with E-state index in [1.54, 1.807) is 4.57 Å². The molecule has 0 N–H and O–H groups in total. The number of hydrogen-bond donors (Lipinski definition) is 0. The maximum absolute atomic E-state index is 11.5. The second kappa shape index (κ2) is 3.42. The van der Waals surface area contributed by atoms with Gasteiger partial charge in [0.15, 0.2) is 0 Å². The van der Waals surface area contributed by atoms with Crippen LogP contribution in [0.1, 0.15) is 5.56 Å². The van der Waals surface area contributed by atoms with Gasteiger partial charge in [0.1, 0.15) is 0 Å². The fourth-order valence-corrected chi connectivity index (χ4v) is 3.07. The highest BCUT2D eigenvalue weighted by molar-refractivity contribution is 14.1.